The van der Waals surface area contributed by atoms with Crippen LogP contribution in [0.15, 0.2) is 41.0 Å². The smallest absolute Gasteiger partial charge is 0.355 e. The number of para-hydroxylation sites is 1. The maximum atomic E-state index is 11.0. The molecule has 1 aromatic rings. The first-order chi connectivity index (χ1) is 7.22. The van der Waals surface area contributed by atoms with Crippen LogP contribution in [0.2, 0.25) is 0 Å². The highest BCUT2D eigenvalue weighted by Gasteiger charge is 2.25. The highest BCUT2D eigenvalue weighted by Crippen LogP contribution is 2.29. The molecule has 0 atom stereocenters. The van der Waals surface area contributed by atoms with E-state index in [1.54, 1.807) is 24.3 Å². The van der Waals surface area contributed by atoms with E-state index in [2.05, 4.69) is 5.18 Å². The van der Waals surface area contributed by atoms with Crippen LogP contribution < -0.4 is 4.74 Å². The number of nitrogens with zero attached hydrogens (tertiary/aromatic N) is 1. The molecule has 0 fully saturated rings. The van der Waals surface area contributed by atoms with Gasteiger partial charge < -0.3 is 9.84 Å². The Kier molecular flexibility index (Phi) is 2.21. The lowest BCUT2D eigenvalue weighted by Crippen LogP contribution is -2.16. The third-order valence-corrected chi connectivity index (χ3v) is 2.08. The van der Waals surface area contributed by atoms with Gasteiger partial charge in [-0.05, 0) is 6.07 Å². The Morgan fingerprint density at radius 1 is 1.40 bits per heavy atom. The molecule has 5 nitrogen and oxygen atoms in total. The minimum Gasteiger partial charge on any atom is -0.508 e. The first-order valence-electron chi connectivity index (χ1n) is 4.28. The maximum absolute atomic E-state index is 11.0. The van der Waals surface area contributed by atoms with E-state index in [0.29, 0.717) is 5.75 Å². The van der Waals surface area contributed by atoms with E-state index in [-0.39, 0.29) is 17.9 Å². The molecule has 0 spiro atoms. The molecule has 0 bridgehead atoms. The second-order valence-electron chi connectivity index (χ2n) is 3.06. The Balaban J connectivity index is 2.39. The number of aliphatic hydroxyl groups is 1. The molecule has 1 aliphatic rings. The summed E-state index contributed by atoms with van der Waals surface area (Å²) in [7, 11) is 0. The molecule has 1 heterocycles. The van der Waals surface area contributed by atoms with E-state index >= 15 is 0 Å². The van der Waals surface area contributed by atoms with Gasteiger partial charge in [0.2, 0.25) is 5.76 Å². The Bertz CT molecular complexity index is 464. The monoisotopic (exact) mass is 205 g/mol. The third-order valence-electron chi connectivity index (χ3n) is 2.08. The van der Waals surface area contributed by atoms with Gasteiger partial charge in [0.05, 0.1) is 0 Å². The Morgan fingerprint density at radius 2 is 2.13 bits per heavy atom. The molecule has 0 radical (unpaired) electrons. The minimum absolute atomic E-state index is 0.173. The zero-order valence-corrected chi connectivity index (χ0v) is 7.64. The fourth-order valence-electron chi connectivity index (χ4n) is 1.39. The fraction of sp³-hybridized carbons (Fsp3) is 0.100. The molecular weight excluding hydrogens is 198 g/mol. The number of carbonyl (C=O) groups is 1. The van der Waals surface area contributed by atoms with Crippen molar-refractivity contribution in [2.45, 2.75) is 6.42 Å². The van der Waals surface area contributed by atoms with E-state index in [0.717, 1.165) is 5.56 Å². The zero-order valence-electron chi connectivity index (χ0n) is 7.64. The van der Waals surface area contributed by atoms with Gasteiger partial charge in [0.25, 0.3) is 0 Å². The summed E-state index contributed by atoms with van der Waals surface area (Å²) in [5.74, 6) is -1.29. The van der Waals surface area contributed by atoms with Gasteiger partial charge in [-0.1, -0.05) is 18.2 Å². The van der Waals surface area contributed by atoms with E-state index in [4.69, 9.17) is 4.74 Å². The van der Waals surface area contributed by atoms with E-state index in [1.807, 2.05) is 0 Å². The molecule has 0 saturated carbocycles. The summed E-state index contributed by atoms with van der Waals surface area (Å²) in [5, 5.41) is 11.7. The molecule has 0 aromatic heterocycles. The van der Waals surface area contributed by atoms with Crippen LogP contribution in [0.1, 0.15) is 5.56 Å². The Morgan fingerprint density at radius 3 is 2.87 bits per heavy atom. The number of allylic oxidation sites excluding steroid dienone is 1. The minimum atomic E-state index is -1.10. The maximum Gasteiger partial charge on any atom is 0.355 e. The lowest BCUT2D eigenvalue weighted by Gasteiger charge is -2.17. The number of amides is 1. The normalized spacial score (nSPS) is 14.1. The number of hydrogen-bond donors (Lipinski definition) is 1. The van der Waals surface area contributed by atoms with Crippen LogP contribution in [0.4, 0.5) is 0 Å². The Hall–Kier alpha value is -2.17. The first-order valence-corrected chi connectivity index (χ1v) is 4.28. The summed E-state index contributed by atoms with van der Waals surface area (Å²) in [6, 6.07) is 6.94. The third kappa shape index (κ3) is 1.59. The molecule has 1 aromatic carbocycles. The average molecular weight is 205 g/mol. The summed E-state index contributed by atoms with van der Waals surface area (Å²) in [5.41, 5.74) is 0.762. The van der Waals surface area contributed by atoms with Crippen LogP contribution in [0.25, 0.3) is 0 Å². The van der Waals surface area contributed by atoms with E-state index in [1.165, 1.54) is 0 Å². The standard InChI is InChI=1S/C10H7NO4/c12-7-5-6-3-1-2-4-8(6)15-9(7)10(13)11-14/h1-4,12H,5H2. The predicted molar refractivity (Wildman–Crippen MR) is 51.2 cm³/mol. The van der Waals surface area contributed by atoms with E-state index < -0.39 is 5.91 Å². The van der Waals surface area contributed by atoms with Crippen molar-refractivity contribution in [3.8, 4) is 5.75 Å². The summed E-state index contributed by atoms with van der Waals surface area (Å²) < 4.78 is 5.08. The topological polar surface area (TPSA) is 76.0 Å². The number of carbonyl (C=O) groups excluding carboxylic acids is 1. The summed E-state index contributed by atoms with van der Waals surface area (Å²) >= 11 is 0. The largest absolute Gasteiger partial charge is 0.508 e. The van der Waals surface area contributed by atoms with Crippen molar-refractivity contribution in [2.24, 2.45) is 5.18 Å². The fourth-order valence-corrected chi connectivity index (χ4v) is 1.39. The number of rotatable bonds is 1. The number of benzene rings is 1. The molecule has 1 N–H and O–H groups in total. The molecule has 1 amide bonds. The van der Waals surface area contributed by atoms with Gasteiger partial charge in [-0.2, -0.15) is 0 Å². The zero-order chi connectivity index (χ0) is 10.8. The van der Waals surface area contributed by atoms with Gasteiger partial charge in [-0.15, -0.1) is 4.91 Å². The second-order valence-corrected chi connectivity index (χ2v) is 3.06. The second kappa shape index (κ2) is 3.53. The van der Waals surface area contributed by atoms with Crippen molar-refractivity contribution in [1.29, 1.82) is 0 Å². The van der Waals surface area contributed by atoms with Crippen LogP contribution in [0.5, 0.6) is 5.75 Å². The van der Waals surface area contributed by atoms with Crippen LogP contribution >= 0.6 is 0 Å². The number of fused-ring (bicyclic) bond motifs is 1. The molecule has 2 rings (SSSR count). The summed E-state index contributed by atoms with van der Waals surface area (Å²) in [6.07, 6.45) is 0.173. The van der Waals surface area contributed by atoms with Crippen LogP contribution in [-0.4, -0.2) is 11.0 Å². The van der Waals surface area contributed by atoms with Crippen molar-refractivity contribution < 1.29 is 14.6 Å². The van der Waals surface area contributed by atoms with Crippen molar-refractivity contribution in [3.05, 3.63) is 46.3 Å². The lowest BCUT2D eigenvalue weighted by atomic mass is 10.1. The summed E-state index contributed by atoms with van der Waals surface area (Å²) in [4.78, 5) is 21.0. The summed E-state index contributed by atoms with van der Waals surface area (Å²) in [6.45, 7) is 0. The molecule has 5 heteroatoms. The van der Waals surface area contributed by atoms with Crippen molar-refractivity contribution >= 4 is 5.91 Å². The van der Waals surface area contributed by atoms with Crippen LogP contribution in [-0.2, 0) is 11.2 Å². The molecule has 0 aliphatic carbocycles. The van der Waals surface area contributed by atoms with Gasteiger partial charge in [-0.25, -0.2) is 0 Å². The molecule has 0 unspecified atom stereocenters. The predicted octanol–water partition coefficient (Wildman–Crippen LogP) is 1.68. The average Bonchev–Trinajstić information content (AvgIpc) is 2.27. The molecule has 15 heavy (non-hydrogen) atoms. The van der Waals surface area contributed by atoms with Crippen molar-refractivity contribution in [2.75, 3.05) is 0 Å². The van der Waals surface area contributed by atoms with Gasteiger partial charge in [0.1, 0.15) is 11.5 Å². The quantitative estimate of drug-likeness (QED) is 0.707. The number of ether oxygens (including phenoxy) is 1. The molecule has 76 valence electrons. The lowest BCUT2D eigenvalue weighted by molar-refractivity contribution is -0.116. The molecule has 0 saturated heterocycles. The highest BCUT2D eigenvalue weighted by atomic mass is 16.5. The Labute approximate surface area is 85.0 Å². The van der Waals surface area contributed by atoms with Crippen molar-refractivity contribution in [3.63, 3.8) is 0 Å². The SMILES string of the molecule is O=NC(=O)C1=C(O)Cc2ccccc2O1. The van der Waals surface area contributed by atoms with Gasteiger partial charge >= 0.3 is 5.91 Å². The van der Waals surface area contributed by atoms with Crippen LogP contribution in [0.3, 0.4) is 0 Å². The number of aliphatic hydroxyl groups excluding tert-OH is 1. The molecular formula is C10H7NO4. The first kappa shape index (κ1) is 9.39. The van der Waals surface area contributed by atoms with Crippen LogP contribution in [0, 0.1) is 4.91 Å². The molecule has 1 aliphatic heterocycles. The number of nitroso groups, excluding NO2 is 1. The van der Waals surface area contributed by atoms with Gasteiger partial charge in [-0.3, -0.25) is 4.79 Å². The van der Waals surface area contributed by atoms with Crippen molar-refractivity contribution in [1.82, 2.24) is 0 Å². The van der Waals surface area contributed by atoms with Gasteiger partial charge in [0.15, 0.2) is 0 Å². The highest BCUT2D eigenvalue weighted by molar-refractivity contribution is 5.93. The van der Waals surface area contributed by atoms with Gasteiger partial charge in [0, 0.05) is 17.2 Å². The van der Waals surface area contributed by atoms with E-state index in [9.17, 15) is 14.8 Å². The number of hydrogen-bond acceptors (Lipinski definition) is 4.